The second-order valence-corrected chi connectivity index (χ2v) is 3.99. The zero-order valence-corrected chi connectivity index (χ0v) is 9.99. The van der Waals surface area contributed by atoms with Crippen molar-refractivity contribution in [2.75, 3.05) is 0 Å². The number of aromatic nitrogens is 2. The predicted octanol–water partition coefficient (Wildman–Crippen LogP) is 1.05. The molecule has 5 nitrogen and oxygen atoms in total. The normalized spacial score (nSPS) is 10.4. The summed E-state index contributed by atoms with van der Waals surface area (Å²) in [4.78, 5) is 15.1. The Morgan fingerprint density at radius 2 is 2.19 bits per heavy atom. The van der Waals surface area contributed by atoms with Crippen molar-refractivity contribution in [3.8, 4) is 0 Å². The first-order chi connectivity index (χ1) is 7.65. The Kier molecular flexibility index (Phi) is 4.98. The van der Waals surface area contributed by atoms with Gasteiger partial charge in [-0.2, -0.15) is 0 Å². The van der Waals surface area contributed by atoms with Gasteiger partial charge in [0.2, 0.25) is 5.91 Å². The number of carbonyl (C=O) groups is 1. The van der Waals surface area contributed by atoms with Crippen LogP contribution in [-0.2, 0) is 11.3 Å². The number of nitrogens with one attached hydrogen (secondary N) is 1. The number of unbranched alkanes of at least 4 members (excludes halogenated alkanes) is 2. The standard InChI is InChI=1S/C11H20N4O/c1-9-10(2)15(8-13-9)7-5-3-4-6-11(16)14-12/h8H,3-7,12H2,1-2H3,(H,14,16). The first kappa shape index (κ1) is 12.7. The van der Waals surface area contributed by atoms with E-state index in [0.29, 0.717) is 6.42 Å². The molecule has 5 heteroatoms. The second kappa shape index (κ2) is 6.27. The highest BCUT2D eigenvalue weighted by Crippen LogP contribution is 2.07. The third kappa shape index (κ3) is 3.66. The summed E-state index contributed by atoms with van der Waals surface area (Å²) < 4.78 is 2.15. The Labute approximate surface area is 96.0 Å². The maximum absolute atomic E-state index is 10.9. The van der Waals surface area contributed by atoms with E-state index in [-0.39, 0.29) is 5.91 Å². The van der Waals surface area contributed by atoms with E-state index in [1.807, 2.05) is 13.3 Å². The first-order valence-corrected chi connectivity index (χ1v) is 5.63. The molecule has 1 aromatic heterocycles. The van der Waals surface area contributed by atoms with Gasteiger partial charge in [0.1, 0.15) is 0 Å². The van der Waals surface area contributed by atoms with Crippen molar-refractivity contribution in [2.24, 2.45) is 5.84 Å². The molecule has 1 aromatic rings. The average molecular weight is 224 g/mol. The lowest BCUT2D eigenvalue weighted by Crippen LogP contribution is -2.29. The minimum Gasteiger partial charge on any atom is -0.335 e. The van der Waals surface area contributed by atoms with Gasteiger partial charge < -0.3 is 4.57 Å². The smallest absolute Gasteiger partial charge is 0.233 e. The molecule has 0 unspecified atom stereocenters. The highest BCUT2D eigenvalue weighted by atomic mass is 16.2. The van der Waals surface area contributed by atoms with Crippen LogP contribution in [0.25, 0.3) is 0 Å². The third-order valence-corrected chi connectivity index (χ3v) is 2.81. The van der Waals surface area contributed by atoms with E-state index >= 15 is 0 Å². The molecule has 0 fully saturated rings. The lowest BCUT2D eigenvalue weighted by Gasteiger charge is -2.05. The van der Waals surface area contributed by atoms with Crippen LogP contribution >= 0.6 is 0 Å². The van der Waals surface area contributed by atoms with Gasteiger partial charge in [-0.25, -0.2) is 10.8 Å². The molecule has 1 heterocycles. The van der Waals surface area contributed by atoms with Crippen LogP contribution in [0.5, 0.6) is 0 Å². The molecule has 0 bridgehead atoms. The van der Waals surface area contributed by atoms with Gasteiger partial charge >= 0.3 is 0 Å². The van der Waals surface area contributed by atoms with Gasteiger partial charge in [0.05, 0.1) is 12.0 Å². The number of hydrogen-bond acceptors (Lipinski definition) is 3. The highest BCUT2D eigenvalue weighted by molar-refractivity contribution is 5.74. The number of rotatable bonds is 6. The van der Waals surface area contributed by atoms with E-state index in [2.05, 4.69) is 21.9 Å². The minimum atomic E-state index is -0.0883. The van der Waals surface area contributed by atoms with Crippen molar-refractivity contribution >= 4 is 5.91 Å². The summed E-state index contributed by atoms with van der Waals surface area (Å²) in [5.74, 6) is 4.90. The van der Waals surface area contributed by atoms with Crippen molar-refractivity contribution in [2.45, 2.75) is 46.1 Å². The molecule has 0 aromatic carbocycles. The van der Waals surface area contributed by atoms with E-state index in [1.54, 1.807) is 0 Å². The van der Waals surface area contributed by atoms with E-state index in [1.165, 1.54) is 5.69 Å². The quantitative estimate of drug-likeness (QED) is 0.328. The second-order valence-electron chi connectivity index (χ2n) is 3.99. The SMILES string of the molecule is Cc1ncn(CCCCCC(=O)NN)c1C. The third-order valence-electron chi connectivity index (χ3n) is 2.81. The highest BCUT2D eigenvalue weighted by Gasteiger charge is 2.02. The summed E-state index contributed by atoms with van der Waals surface area (Å²) in [7, 11) is 0. The number of aryl methyl sites for hydroxylation is 2. The summed E-state index contributed by atoms with van der Waals surface area (Å²) in [6, 6.07) is 0. The molecule has 0 atom stereocenters. The van der Waals surface area contributed by atoms with Crippen LogP contribution in [0.3, 0.4) is 0 Å². The van der Waals surface area contributed by atoms with Crippen LogP contribution < -0.4 is 11.3 Å². The van der Waals surface area contributed by atoms with Gasteiger partial charge in [0.25, 0.3) is 0 Å². The van der Waals surface area contributed by atoms with E-state index in [0.717, 1.165) is 31.5 Å². The summed E-state index contributed by atoms with van der Waals surface area (Å²) >= 11 is 0. The summed E-state index contributed by atoms with van der Waals surface area (Å²) in [6.07, 6.45) is 5.37. The molecule has 1 amide bonds. The van der Waals surface area contributed by atoms with Gasteiger partial charge in [-0.1, -0.05) is 6.42 Å². The Morgan fingerprint density at radius 3 is 2.75 bits per heavy atom. The lowest BCUT2D eigenvalue weighted by atomic mass is 10.2. The Hall–Kier alpha value is -1.36. The van der Waals surface area contributed by atoms with Crippen LogP contribution in [0, 0.1) is 13.8 Å². The number of nitrogens with two attached hydrogens (primary N) is 1. The van der Waals surface area contributed by atoms with Gasteiger partial charge in [-0.3, -0.25) is 10.2 Å². The van der Waals surface area contributed by atoms with Crippen molar-refractivity contribution in [1.82, 2.24) is 15.0 Å². The van der Waals surface area contributed by atoms with Crippen LogP contribution in [0.2, 0.25) is 0 Å². The van der Waals surface area contributed by atoms with Crippen LogP contribution in [0.4, 0.5) is 0 Å². The fourth-order valence-electron chi connectivity index (χ4n) is 1.59. The van der Waals surface area contributed by atoms with Crippen molar-refractivity contribution in [3.63, 3.8) is 0 Å². The Bertz CT molecular complexity index is 346. The zero-order chi connectivity index (χ0) is 12.0. The number of hydrogen-bond donors (Lipinski definition) is 2. The zero-order valence-electron chi connectivity index (χ0n) is 9.99. The number of carbonyl (C=O) groups excluding carboxylic acids is 1. The van der Waals surface area contributed by atoms with Crippen molar-refractivity contribution in [3.05, 3.63) is 17.7 Å². The molecule has 0 saturated heterocycles. The number of hydrazine groups is 1. The summed E-state index contributed by atoms with van der Waals surface area (Å²) in [5, 5.41) is 0. The Morgan fingerprint density at radius 1 is 1.44 bits per heavy atom. The fourth-order valence-corrected chi connectivity index (χ4v) is 1.59. The van der Waals surface area contributed by atoms with Gasteiger partial charge in [-0.15, -0.1) is 0 Å². The fraction of sp³-hybridized carbons (Fsp3) is 0.636. The molecular weight excluding hydrogens is 204 g/mol. The molecule has 0 aliphatic heterocycles. The molecule has 0 spiro atoms. The van der Waals surface area contributed by atoms with Gasteiger partial charge in [0.15, 0.2) is 0 Å². The molecule has 3 N–H and O–H groups in total. The van der Waals surface area contributed by atoms with E-state index in [9.17, 15) is 4.79 Å². The molecule has 16 heavy (non-hydrogen) atoms. The summed E-state index contributed by atoms with van der Waals surface area (Å²) in [5.41, 5.74) is 4.44. The lowest BCUT2D eigenvalue weighted by molar-refractivity contribution is -0.121. The van der Waals surface area contributed by atoms with Gasteiger partial charge in [-0.05, 0) is 26.7 Å². The van der Waals surface area contributed by atoms with Crippen LogP contribution in [0.15, 0.2) is 6.33 Å². The average Bonchev–Trinajstić information content (AvgIpc) is 2.60. The molecule has 0 aliphatic carbocycles. The van der Waals surface area contributed by atoms with Crippen LogP contribution in [0.1, 0.15) is 37.1 Å². The predicted molar refractivity (Wildman–Crippen MR) is 62.5 cm³/mol. The molecule has 0 aliphatic rings. The largest absolute Gasteiger partial charge is 0.335 e. The number of nitrogens with zero attached hydrogens (tertiary/aromatic N) is 2. The van der Waals surface area contributed by atoms with Crippen LogP contribution in [-0.4, -0.2) is 15.5 Å². The first-order valence-electron chi connectivity index (χ1n) is 5.63. The maximum atomic E-state index is 10.9. The topological polar surface area (TPSA) is 72.9 Å². The molecule has 1 rings (SSSR count). The molecular formula is C11H20N4O. The maximum Gasteiger partial charge on any atom is 0.233 e. The number of imidazole rings is 1. The molecule has 0 saturated carbocycles. The monoisotopic (exact) mass is 224 g/mol. The van der Waals surface area contributed by atoms with Crippen molar-refractivity contribution < 1.29 is 4.79 Å². The van der Waals surface area contributed by atoms with Crippen molar-refractivity contribution in [1.29, 1.82) is 0 Å². The van der Waals surface area contributed by atoms with E-state index in [4.69, 9.17) is 5.84 Å². The number of amides is 1. The molecule has 0 radical (unpaired) electrons. The molecule has 90 valence electrons. The van der Waals surface area contributed by atoms with Gasteiger partial charge in [0, 0.05) is 18.7 Å². The summed E-state index contributed by atoms with van der Waals surface area (Å²) in [6.45, 7) is 5.05. The minimum absolute atomic E-state index is 0.0883. The van der Waals surface area contributed by atoms with E-state index < -0.39 is 0 Å². The Balaban J connectivity index is 2.16.